The zero-order chi connectivity index (χ0) is 31.0. The second-order valence-corrected chi connectivity index (χ2v) is 9.97. The lowest BCUT2D eigenvalue weighted by molar-refractivity contribution is -0.187. The van der Waals surface area contributed by atoms with E-state index in [1.54, 1.807) is 0 Å². The van der Waals surface area contributed by atoms with Crippen molar-refractivity contribution in [3.8, 4) is 5.75 Å². The molecule has 4 atom stereocenters. The van der Waals surface area contributed by atoms with Crippen molar-refractivity contribution in [1.29, 1.82) is 0 Å². The van der Waals surface area contributed by atoms with Gasteiger partial charge < -0.3 is 42.6 Å². The lowest BCUT2D eigenvalue weighted by Crippen LogP contribution is -2.49. The summed E-state index contributed by atoms with van der Waals surface area (Å²) in [7, 11) is 0. The Hall–Kier alpha value is -2.57. The Morgan fingerprint density at radius 1 is 0.651 bits per heavy atom. The number of hydrogen-bond acceptors (Lipinski definition) is 10. The molecule has 0 N–H and O–H groups in total. The van der Waals surface area contributed by atoms with Crippen LogP contribution in [0, 0.1) is 0 Å². The van der Waals surface area contributed by atoms with Crippen LogP contribution in [0.15, 0.2) is 60.7 Å². The van der Waals surface area contributed by atoms with Gasteiger partial charge in [-0.3, -0.25) is 4.79 Å². The molecule has 10 nitrogen and oxygen atoms in total. The molecule has 10 heteroatoms. The lowest BCUT2D eigenvalue weighted by atomic mass is 10.0. The van der Waals surface area contributed by atoms with E-state index in [1.165, 1.54) is 0 Å². The summed E-state index contributed by atoms with van der Waals surface area (Å²) in [5.74, 6) is 0.769. The topological polar surface area (TPSA) is 100 Å². The summed E-state index contributed by atoms with van der Waals surface area (Å²) in [5, 5.41) is 0. The monoisotopic (exact) mass is 606 g/mol. The van der Waals surface area contributed by atoms with Crippen LogP contribution in [-0.4, -0.2) is 96.6 Å². The van der Waals surface area contributed by atoms with E-state index in [1.807, 2.05) is 81.4 Å². The highest BCUT2D eigenvalue weighted by molar-refractivity contribution is 5.36. The van der Waals surface area contributed by atoms with E-state index in [2.05, 4.69) is 11.7 Å². The zero-order valence-electron chi connectivity index (χ0n) is 26.1. The summed E-state index contributed by atoms with van der Waals surface area (Å²) in [5.41, 5.74) is 1.11. The Kier molecular flexibility index (Phi) is 20.3. The van der Waals surface area contributed by atoms with Crippen LogP contribution in [0.1, 0.15) is 39.7 Å². The molecule has 0 fully saturated rings. The molecule has 242 valence electrons. The summed E-state index contributed by atoms with van der Waals surface area (Å²) in [6.45, 7) is 11.5. The molecule has 0 aliphatic carbocycles. The summed E-state index contributed by atoms with van der Waals surface area (Å²) in [6.07, 6.45) is -0.832. The van der Waals surface area contributed by atoms with Crippen LogP contribution in [0.25, 0.3) is 0 Å². The maximum absolute atomic E-state index is 10.3. The molecule has 0 heterocycles. The second-order valence-electron chi connectivity index (χ2n) is 9.97. The van der Waals surface area contributed by atoms with Crippen molar-refractivity contribution in [3.05, 3.63) is 66.2 Å². The van der Waals surface area contributed by atoms with E-state index in [0.29, 0.717) is 59.1 Å². The Morgan fingerprint density at radius 3 is 1.95 bits per heavy atom. The summed E-state index contributed by atoms with van der Waals surface area (Å²) >= 11 is 0. The number of rotatable bonds is 27. The van der Waals surface area contributed by atoms with Gasteiger partial charge in [-0.2, -0.15) is 0 Å². The van der Waals surface area contributed by atoms with Gasteiger partial charge >= 0.3 is 0 Å². The highest BCUT2D eigenvalue weighted by Gasteiger charge is 2.35. The number of benzene rings is 2. The first-order valence-electron chi connectivity index (χ1n) is 15.1. The molecule has 2 rings (SSSR count). The molecule has 0 spiro atoms. The summed E-state index contributed by atoms with van der Waals surface area (Å²) in [4.78, 5) is 10.3. The predicted molar refractivity (Wildman–Crippen MR) is 162 cm³/mol. The Bertz CT molecular complexity index is 914. The third-order valence-corrected chi connectivity index (χ3v) is 6.30. The van der Waals surface area contributed by atoms with Crippen LogP contribution < -0.4 is 4.74 Å². The van der Waals surface area contributed by atoms with Crippen molar-refractivity contribution in [2.75, 3.05) is 59.6 Å². The molecule has 0 radical (unpaired) electrons. The molecule has 0 bridgehead atoms. The molecule has 0 saturated heterocycles. The van der Waals surface area contributed by atoms with Gasteiger partial charge in [0, 0.05) is 0 Å². The highest BCUT2D eigenvalue weighted by atomic mass is 16.7. The molecule has 4 unspecified atom stereocenters. The van der Waals surface area contributed by atoms with Crippen LogP contribution in [0.2, 0.25) is 0 Å². The SMILES string of the molecule is CCC(OCCOCc1ccccc1)C(OCCOC(C)C)C(OCCOc1ccccc1)C(C)OCCOCOC=O. The summed E-state index contributed by atoms with van der Waals surface area (Å²) in [6, 6.07) is 19.6. The van der Waals surface area contributed by atoms with Crippen LogP contribution >= 0.6 is 0 Å². The van der Waals surface area contributed by atoms with Gasteiger partial charge in [-0.15, -0.1) is 0 Å². The first-order valence-corrected chi connectivity index (χ1v) is 15.1. The number of para-hydroxylation sites is 1. The smallest absolute Gasteiger partial charge is 0.295 e. The van der Waals surface area contributed by atoms with Crippen molar-refractivity contribution < 1.29 is 47.4 Å². The standard InChI is InChI=1S/C33H50O10/c1-5-31(41-19-16-35-24-29-12-8-6-9-13-29)33(43-22-20-38-27(2)3)32(28(4)39-18-17-36-26-37-25-34)42-23-21-40-30-14-10-7-11-15-30/h6-15,25,27-28,31-33H,5,16-24,26H2,1-4H3. The second kappa shape index (κ2) is 23.8. The van der Waals surface area contributed by atoms with Gasteiger partial charge in [0.1, 0.15) is 24.6 Å². The number of carbonyl (C=O) groups excluding carboxylic acids is 1. The van der Waals surface area contributed by atoms with Gasteiger partial charge in [0.05, 0.1) is 71.2 Å². The minimum absolute atomic E-state index is 0.0923. The van der Waals surface area contributed by atoms with E-state index in [-0.39, 0.29) is 38.3 Å². The molecular weight excluding hydrogens is 556 g/mol. The molecule has 0 aliphatic rings. The highest BCUT2D eigenvalue weighted by Crippen LogP contribution is 2.21. The minimum Gasteiger partial charge on any atom is -0.491 e. The largest absolute Gasteiger partial charge is 0.491 e. The third kappa shape index (κ3) is 16.7. The van der Waals surface area contributed by atoms with E-state index < -0.39 is 12.2 Å². The van der Waals surface area contributed by atoms with E-state index in [0.717, 1.165) is 11.3 Å². The van der Waals surface area contributed by atoms with Gasteiger partial charge in [-0.05, 0) is 44.9 Å². The van der Waals surface area contributed by atoms with Gasteiger partial charge in [-0.25, -0.2) is 0 Å². The van der Waals surface area contributed by atoms with Gasteiger partial charge in [0.25, 0.3) is 6.47 Å². The molecule has 0 aliphatic heterocycles. The lowest BCUT2D eigenvalue weighted by Gasteiger charge is -2.36. The molecule has 2 aromatic carbocycles. The van der Waals surface area contributed by atoms with Gasteiger partial charge in [-0.1, -0.05) is 55.5 Å². The van der Waals surface area contributed by atoms with E-state index >= 15 is 0 Å². The first kappa shape index (κ1) is 36.6. The van der Waals surface area contributed by atoms with Crippen molar-refractivity contribution in [1.82, 2.24) is 0 Å². The Morgan fingerprint density at radius 2 is 1.26 bits per heavy atom. The fourth-order valence-corrected chi connectivity index (χ4v) is 4.23. The molecule has 0 saturated carbocycles. The zero-order valence-corrected chi connectivity index (χ0v) is 26.1. The van der Waals surface area contributed by atoms with Crippen molar-refractivity contribution in [2.24, 2.45) is 0 Å². The van der Waals surface area contributed by atoms with Crippen LogP contribution in [-0.2, 0) is 49.3 Å². The van der Waals surface area contributed by atoms with Crippen LogP contribution in [0.4, 0.5) is 0 Å². The maximum Gasteiger partial charge on any atom is 0.295 e. The first-order chi connectivity index (χ1) is 21.0. The molecule has 0 amide bonds. The van der Waals surface area contributed by atoms with Crippen LogP contribution in [0.5, 0.6) is 5.75 Å². The van der Waals surface area contributed by atoms with Crippen molar-refractivity contribution in [2.45, 2.75) is 71.2 Å². The van der Waals surface area contributed by atoms with Gasteiger partial charge in [0.15, 0.2) is 6.79 Å². The van der Waals surface area contributed by atoms with Crippen molar-refractivity contribution >= 4 is 6.47 Å². The minimum atomic E-state index is -0.486. The predicted octanol–water partition coefficient (Wildman–Crippen LogP) is 4.83. The Labute approximate surface area is 256 Å². The number of hydrogen-bond donors (Lipinski definition) is 0. The fourth-order valence-electron chi connectivity index (χ4n) is 4.23. The third-order valence-electron chi connectivity index (χ3n) is 6.30. The quantitative estimate of drug-likeness (QED) is 0.0799. The molecule has 0 aromatic heterocycles. The fraction of sp³-hybridized carbons (Fsp3) is 0.606. The normalized spacial score (nSPS) is 14.3. The maximum atomic E-state index is 10.3. The molecule has 43 heavy (non-hydrogen) atoms. The van der Waals surface area contributed by atoms with Crippen molar-refractivity contribution in [3.63, 3.8) is 0 Å². The number of ether oxygens (including phenoxy) is 9. The molecular formula is C33H50O10. The number of carbonyl (C=O) groups is 1. The Balaban J connectivity index is 2.04. The summed E-state index contributed by atoms with van der Waals surface area (Å²) < 4.78 is 52.5. The average Bonchev–Trinajstić information content (AvgIpc) is 3.02. The molecule has 2 aromatic rings. The van der Waals surface area contributed by atoms with E-state index in [9.17, 15) is 4.79 Å². The van der Waals surface area contributed by atoms with Crippen LogP contribution in [0.3, 0.4) is 0 Å². The van der Waals surface area contributed by atoms with Gasteiger partial charge in [0.2, 0.25) is 0 Å². The average molecular weight is 607 g/mol. The van der Waals surface area contributed by atoms with E-state index in [4.69, 9.17) is 37.9 Å².